The molecule has 3 N–H and O–H groups in total. The molecule has 0 aliphatic heterocycles. The first-order valence-corrected chi connectivity index (χ1v) is 12.7. The van der Waals surface area contributed by atoms with Crippen molar-refractivity contribution in [3.05, 3.63) is 101 Å². The summed E-state index contributed by atoms with van der Waals surface area (Å²) in [5, 5.41) is 19.3. The van der Waals surface area contributed by atoms with Crippen molar-refractivity contribution in [1.82, 2.24) is 5.32 Å². The number of methoxy groups -OCH3 is 3. The molecule has 0 amide bonds. The van der Waals surface area contributed by atoms with E-state index in [0.29, 0.717) is 18.2 Å². The van der Waals surface area contributed by atoms with E-state index in [1.165, 1.54) is 22.3 Å². The molecular weight excluding hydrogens is 510 g/mol. The van der Waals surface area contributed by atoms with E-state index in [-0.39, 0.29) is 0 Å². The summed E-state index contributed by atoms with van der Waals surface area (Å²) in [5.41, 5.74) is 4.85. The standard InChI is InChI=1S/C28H33NO3.C4H4O4/c1-21(29-15-14-23-17-27(31-3)20-28(18-23)32-4)16-25-19-26(30-2)13-12-24(25)11-10-22-8-6-5-7-9-22;5-3(6)1-2-4(7)8/h5-13,17-21,29H,14-16H2,1-4H3;1-2H,(H,5,6)(H,7,8). The number of carbonyl (C=O) groups is 2. The molecule has 0 saturated carbocycles. The van der Waals surface area contributed by atoms with Crippen LogP contribution in [0.2, 0.25) is 0 Å². The van der Waals surface area contributed by atoms with Gasteiger partial charge in [0.15, 0.2) is 0 Å². The van der Waals surface area contributed by atoms with E-state index >= 15 is 0 Å². The summed E-state index contributed by atoms with van der Waals surface area (Å²) in [4.78, 5) is 19.1. The third-order valence-electron chi connectivity index (χ3n) is 5.82. The summed E-state index contributed by atoms with van der Waals surface area (Å²) in [6, 6.07) is 23.0. The highest BCUT2D eigenvalue weighted by molar-refractivity contribution is 5.89. The van der Waals surface area contributed by atoms with E-state index in [1.54, 1.807) is 21.3 Å². The molecule has 8 heteroatoms. The van der Waals surface area contributed by atoms with Crippen molar-refractivity contribution in [3.8, 4) is 17.2 Å². The van der Waals surface area contributed by atoms with Crippen molar-refractivity contribution in [3.63, 3.8) is 0 Å². The normalized spacial score (nSPS) is 11.5. The van der Waals surface area contributed by atoms with Gasteiger partial charge in [-0.15, -0.1) is 0 Å². The second-order valence-corrected chi connectivity index (χ2v) is 8.85. The molecule has 1 unspecified atom stereocenters. The average Bonchev–Trinajstić information content (AvgIpc) is 2.96. The van der Waals surface area contributed by atoms with Crippen LogP contribution in [0.5, 0.6) is 17.2 Å². The second kappa shape index (κ2) is 17.1. The Morgan fingerprint density at radius 2 is 1.40 bits per heavy atom. The van der Waals surface area contributed by atoms with E-state index in [9.17, 15) is 9.59 Å². The number of hydrogen-bond acceptors (Lipinski definition) is 6. The van der Waals surface area contributed by atoms with E-state index in [2.05, 4.69) is 72.9 Å². The summed E-state index contributed by atoms with van der Waals surface area (Å²) in [6.45, 7) is 3.09. The Bertz CT molecular complexity index is 1250. The topological polar surface area (TPSA) is 114 Å². The monoisotopic (exact) mass is 547 g/mol. The molecule has 0 radical (unpaired) electrons. The van der Waals surface area contributed by atoms with Gasteiger partial charge in [-0.2, -0.15) is 0 Å². The molecule has 212 valence electrons. The molecule has 0 spiro atoms. The molecule has 3 aromatic carbocycles. The number of ether oxygens (including phenoxy) is 3. The lowest BCUT2D eigenvalue weighted by atomic mass is 9.99. The van der Waals surface area contributed by atoms with Gasteiger partial charge in [0.1, 0.15) is 17.2 Å². The van der Waals surface area contributed by atoms with Gasteiger partial charge < -0.3 is 29.7 Å². The Labute approximate surface area is 235 Å². The van der Waals surface area contributed by atoms with Gasteiger partial charge in [-0.05, 0) is 72.8 Å². The minimum absolute atomic E-state index is 0.318. The highest BCUT2D eigenvalue weighted by Crippen LogP contribution is 2.23. The fourth-order valence-corrected chi connectivity index (χ4v) is 3.82. The number of rotatable bonds is 13. The molecule has 0 bridgehead atoms. The van der Waals surface area contributed by atoms with Crippen LogP contribution in [0.25, 0.3) is 12.2 Å². The first kappa shape index (κ1) is 31.7. The van der Waals surface area contributed by atoms with Crippen molar-refractivity contribution in [2.75, 3.05) is 27.9 Å². The molecule has 40 heavy (non-hydrogen) atoms. The van der Waals surface area contributed by atoms with Crippen LogP contribution >= 0.6 is 0 Å². The van der Waals surface area contributed by atoms with Crippen molar-refractivity contribution in [1.29, 1.82) is 0 Å². The smallest absolute Gasteiger partial charge is 0.328 e. The average molecular weight is 548 g/mol. The van der Waals surface area contributed by atoms with Crippen LogP contribution < -0.4 is 19.5 Å². The third kappa shape index (κ3) is 11.9. The molecule has 0 aliphatic carbocycles. The maximum Gasteiger partial charge on any atom is 0.328 e. The van der Waals surface area contributed by atoms with Crippen molar-refractivity contribution in [2.45, 2.75) is 25.8 Å². The Balaban J connectivity index is 0.000000611. The lowest BCUT2D eigenvalue weighted by molar-refractivity contribution is -0.134. The SMILES string of the molecule is COc1cc(CCNC(C)Cc2cc(OC)ccc2C=Cc2ccccc2)cc(OC)c1.O=C(O)C=CC(=O)O. The van der Waals surface area contributed by atoms with E-state index in [4.69, 9.17) is 24.4 Å². The van der Waals surface area contributed by atoms with Crippen LogP contribution in [0.15, 0.2) is 78.9 Å². The number of carboxylic acid groups (broad SMARTS) is 2. The minimum Gasteiger partial charge on any atom is -0.497 e. The Morgan fingerprint density at radius 1 is 0.800 bits per heavy atom. The largest absolute Gasteiger partial charge is 0.497 e. The maximum atomic E-state index is 9.55. The maximum absolute atomic E-state index is 9.55. The van der Waals surface area contributed by atoms with Gasteiger partial charge >= 0.3 is 11.9 Å². The Kier molecular flexibility index (Phi) is 13.5. The minimum atomic E-state index is -1.26. The molecule has 8 nitrogen and oxygen atoms in total. The molecule has 1 atom stereocenters. The summed E-state index contributed by atoms with van der Waals surface area (Å²) >= 11 is 0. The van der Waals surface area contributed by atoms with E-state index < -0.39 is 11.9 Å². The van der Waals surface area contributed by atoms with Crippen LogP contribution in [0.3, 0.4) is 0 Å². The van der Waals surface area contributed by atoms with Crippen LogP contribution in [-0.4, -0.2) is 56.1 Å². The zero-order chi connectivity index (χ0) is 29.3. The molecule has 0 fully saturated rings. The molecule has 0 saturated heterocycles. The van der Waals surface area contributed by atoms with Gasteiger partial charge in [0.2, 0.25) is 0 Å². The molecule has 3 rings (SSSR count). The van der Waals surface area contributed by atoms with Crippen LogP contribution in [0, 0.1) is 0 Å². The highest BCUT2D eigenvalue weighted by Gasteiger charge is 2.09. The predicted molar refractivity (Wildman–Crippen MR) is 157 cm³/mol. The summed E-state index contributed by atoms with van der Waals surface area (Å²) in [6.07, 6.45) is 7.26. The zero-order valence-electron chi connectivity index (χ0n) is 23.3. The van der Waals surface area contributed by atoms with Gasteiger partial charge in [-0.3, -0.25) is 0 Å². The van der Waals surface area contributed by atoms with Crippen molar-refractivity contribution in [2.24, 2.45) is 0 Å². The molecule has 0 aliphatic rings. The Hall–Kier alpha value is -4.56. The number of hydrogen-bond donors (Lipinski definition) is 3. The van der Waals surface area contributed by atoms with Crippen molar-refractivity contribution < 1.29 is 34.0 Å². The predicted octanol–water partition coefficient (Wildman–Crippen LogP) is 5.36. The van der Waals surface area contributed by atoms with Gasteiger partial charge in [0.25, 0.3) is 0 Å². The van der Waals surface area contributed by atoms with Gasteiger partial charge in [-0.1, -0.05) is 48.6 Å². The van der Waals surface area contributed by atoms with Crippen LogP contribution in [0.4, 0.5) is 0 Å². The fraction of sp³-hybridized carbons (Fsp3) is 0.250. The first-order valence-electron chi connectivity index (χ1n) is 12.7. The third-order valence-corrected chi connectivity index (χ3v) is 5.82. The number of aliphatic carboxylic acids is 2. The number of carboxylic acids is 2. The fourth-order valence-electron chi connectivity index (χ4n) is 3.82. The van der Waals surface area contributed by atoms with Crippen molar-refractivity contribution >= 4 is 24.1 Å². The van der Waals surface area contributed by atoms with Gasteiger partial charge in [0, 0.05) is 24.3 Å². The first-order chi connectivity index (χ1) is 19.2. The molecular formula is C32H37NO7. The Morgan fingerprint density at radius 3 is 1.95 bits per heavy atom. The summed E-state index contributed by atoms with van der Waals surface area (Å²) in [7, 11) is 5.07. The molecule has 0 aromatic heterocycles. The lowest BCUT2D eigenvalue weighted by Gasteiger charge is -2.17. The number of benzene rings is 3. The quantitative estimate of drug-likeness (QED) is 0.194. The second-order valence-electron chi connectivity index (χ2n) is 8.85. The summed E-state index contributed by atoms with van der Waals surface area (Å²) < 4.78 is 16.2. The lowest BCUT2D eigenvalue weighted by Crippen LogP contribution is -2.30. The van der Waals surface area contributed by atoms with E-state index in [1.807, 2.05) is 18.2 Å². The van der Waals surface area contributed by atoms with Gasteiger partial charge in [0.05, 0.1) is 21.3 Å². The molecule has 3 aromatic rings. The van der Waals surface area contributed by atoms with E-state index in [0.717, 1.165) is 36.6 Å². The number of nitrogens with one attached hydrogen (secondary N) is 1. The molecule has 0 heterocycles. The highest BCUT2D eigenvalue weighted by atomic mass is 16.5. The zero-order valence-corrected chi connectivity index (χ0v) is 23.3. The van der Waals surface area contributed by atoms with Gasteiger partial charge in [-0.25, -0.2) is 9.59 Å². The van der Waals surface area contributed by atoms with Crippen LogP contribution in [0.1, 0.15) is 29.2 Å². The van der Waals surface area contributed by atoms with Crippen LogP contribution in [-0.2, 0) is 22.4 Å². The summed E-state index contributed by atoms with van der Waals surface area (Å²) in [5.74, 6) is 0.00425.